The average Bonchev–Trinajstić information content (AvgIpc) is 3.29. The van der Waals surface area contributed by atoms with Crippen LogP contribution in [-0.4, -0.2) is 16.8 Å². The minimum Gasteiger partial charge on any atom is -0.455 e. The van der Waals surface area contributed by atoms with Gasteiger partial charge in [-0.1, -0.05) is 37.5 Å². The first-order valence-corrected chi connectivity index (χ1v) is 11.3. The van der Waals surface area contributed by atoms with Crippen molar-refractivity contribution in [2.24, 2.45) is 0 Å². The van der Waals surface area contributed by atoms with Crippen molar-refractivity contribution >= 4 is 11.6 Å². The Labute approximate surface area is 195 Å². The molecule has 0 aliphatic heterocycles. The van der Waals surface area contributed by atoms with E-state index in [1.807, 2.05) is 0 Å². The maximum absolute atomic E-state index is 13.2. The van der Waals surface area contributed by atoms with Gasteiger partial charge in [-0.05, 0) is 60.9 Å². The molecule has 0 atom stereocenters. The van der Waals surface area contributed by atoms with E-state index >= 15 is 0 Å². The van der Waals surface area contributed by atoms with Crippen LogP contribution in [0, 0.1) is 5.82 Å². The Hall–Kier alpha value is -3.13. The molecule has 8 heteroatoms. The smallest absolute Gasteiger partial charge is 0.416 e. The summed E-state index contributed by atoms with van der Waals surface area (Å²) in [7, 11) is 0. The molecule has 0 spiro atoms. The predicted octanol–water partition coefficient (Wildman–Crippen LogP) is 7.02. The zero-order chi connectivity index (χ0) is 24.1. The van der Waals surface area contributed by atoms with Crippen molar-refractivity contribution < 1.29 is 26.8 Å². The maximum Gasteiger partial charge on any atom is 0.416 e. The van der Waals surface area contributed by atoms with Gasteiger partial charge in [0.2, 0.25) is 0 Å². The topological polar surface area (TPSA) is 45.5 Å². The minimum atomic E-state index is -4.39. The van der Waals surface area contributed by atoms with Gasteiger partial charge in [-0.25, -0.2) is 4.39 Å². The summed E-state index contributed by atoms with van der Waals surface area (Å²) in [5.41, 5.74) is 0.366. The van der Waals surface area contributed by atoms with Crippen LogP contribution in [0.25, 0.3) is 0 Å². The summed E-state index contributed by atoms with van der Waals surface area (Å²) in [6, 6.07) is 14.3. The Morgan fingerprint density at radius 1 is 0.971 bits per heavy atom. The summed E-state index contributed by atoms with van der Waals surface area (Å²) in [5.74, 6) is -0.189. The summed E-state index contributed by atoms with van der Waals surface area (Å²) < 4.78 is 58.4. The van der Waals surface area contributed by atoms with E-state index in [1.165, 1.54) is 36.4 Å². The first-order valence-electron chi connectivity index (χ1n) is 11.3. The molecule has 1 N–H and O–H groups in total. The zero-order valence-corrected chi connectivity index (χ0v) is 18.6. The van der Waals surface area contributed by atoms with Crippen molar-refractivity contribution in [3.05, 3.63) is 89.1 Å². The van der Waals surface area contributed by atoms with Crippen molar-refractivity contribution in [1.29, 1.82) is 0 Å². The minimum absolute atomic E-state index is 0.113. The molecule has 0 saturated heterocycles. The second kappa shape index (κ2) is 10.4. The van der Waals surface area contributed by atoms with Crippen LogP contribution < -0.4 is 5.32 Å². The number of amides is 1. The van der Waals surface area contributed by atoms with E-state index in [9.17, 15) is 22.4 Å². The van der Waals surface area contributed by atoms with E-state index in [-0.39, 0.29) is 11.8 Å². The van der Waals surface area contributed by atoms with Gasteiger partial charge in [0.05, 0.1) is 12.1 Å². The highest BCUT2D eigenvalue weighted by Gasteiger charge is 2.31. The number of carbonyl (C=O) groups excluding carboxylic acids is 1. The number of furan rings is 1. The number of anilines is 1. The van der Waals surface area contributed by atoms with E-state index in [4.69, 9.17) is 4.42 Å². The summed E-state index contributed by atoms with van der Waals surface area (Å²) in [6.45, 7) is 0.733. The van der Waals surface area contributed by atoms with Crippen molar-refractivity contribution in [3.63, 3.8) is 0 Å². The molecule has 4 nitrogen and oxygen atoms in total. The van der Waals surface area contributed by atoms with Gasteiger partial charge in [-0.3, -0.25) is 9.69 Å². The molecule has 2 aromatic carbocycles. The molecule has 4 rings (SSSR count). The first-order chi connectivity index (χ1) is 16.3. The monoisotopic (exact) mass is 474 g/mol. The number of rotatable bonds is 7. The SMILES string of the molecule is O=C(Nc1ccc(F)cc1)c1ccc(CN(Cc2cccc(C(F)(F)F)c2)C2CCCCC2)o1. The van der Waals surface area contributed by atoms with Crippen LogP contribution in [0.15, 0.2) is 65.1 Å². The molecular weight excluding hydrogens is 448 g/mol. The molecule has 0 bridgehead atoms. The molecule has 1 heterocycles. The van der Waals surface area contributed by atoms with Crippen LogP contribution in [0.3, 0.4) is 0 Å². The molecule has 0 unspecified atom stereocenters. The van der Waals surface area contributed by atoms with E-state index in [1.54, 1.807) is 18.2 Å². The number of halogens is 4. The van der Waals surface area contributed by atoms with Gasteiger partial charge in [0.15, 0.2) is 5.76 Å². The van der Waals surface area contributed by atoms with Gasteiger partial charge in [-0.15, -0.1) is 0 Å². The van der Waals surface area contributed by atoms with Gasteiger partial charge in [0.25, 0.3) is 5.91 Å². The molecule has 3 aromatic rings. The van der Waals surface area contributed by atoms with E-state index in [0.29, 0.717) is 30.1 Å². The molecule has 1 fully saturated rings. The normalized spacial score (nSPS) is 15.0. The highest BCUT2D eigenvalue weighted by atomic mass is 19.4. The molecule has 1 aromatic heterocycles. The molecule has 34 heavy (non-hydrogen) atoms. The fraction of sp³-hybridized carbons (Fsp3) is 0.346. The zero-order valence-electron chi connectivity index (χ0n) is 18.6. The Morgan fingerprint density at radius 3 is 2.41 bits per heavy atom. The molecule has 1 saturated carbocycles. The lowest BCUT2D eigenvalue weighted by molar-refractivity contribution is -0.137. The second-order valence-electron chi connectivity index (χ2n) is 8.62. The largest absolute Gasteiger partial charge is 0.455 e. The number of hydrogen-bond donors (Lipinski definition) is 1. The maximum atomic E-state index is 13.2. The number of nitrogens with one attached hydrogen (secondary N) is 1. The number of hydrogen-bond acceptors (Lipinski definition) is 3. The predicted molar refractivity (Wildman–Crippen MR) is 121 cm³/mol. The summed E-state index contributed by atoms with van der Waals surface area (Å²) in [5, 5.41) is 2.66. The third-order valence-corrected chi connectivity index (χ3v) is 6.08. The number of nitrogens with zero attached hydrogens (tertiary/aromatic N) is 1. The van der Waals surface area contributed by atoms with Crippen LogP contribution in [-0.2, 0) is 19.3 Å². The Morgan fingerprint density at radius 2 is 1.71 bits per heavy atom. The summed E-state index contributed by atoms with van der Waals surface area (Å²) in [6.07, 6.45) is 0.859. The third kappa shape index (κ3) is 6.26. The van der Waals surface area contributed by atoms with Crippen molar-refractivity contribution in [2.75, 3.05) is 5.32 Å². The highest BCUT2D eigenvalue weighted by molar-refractivity contribution is 6.02. The fourth-order valence-corrected chi connectivity index (χ4v) is 4.35. The van der Waals surface area contributed by atoms with Crippen molar-refractivity contribution in [1.82, 2.24) is 4.90 Å². The lowest BCUT2D eigenvalue weighted by atomic mass is 9.93. The first kappa shape index (κ1) is 24.0. The van der Waals surface area contributed by atoms with Gasteiger partial charge < -0.3 is 9.73 Å². The molecule has 180 valence electrons. The number of benzene rings is 2. The standard InChI is InChI=1S/C26H26F4N2O2/c27-20-9-11-21(12-10-20)31-25(33)24-14-13-23(34-24)17-32(22-7-2-1-3-8-22)16-18-5-4-6-19(15-18)26(28,29)30/h4-6,9-15,22H,1-3,7-8,16-17H2,(H,31,33). The van der Waals surface area contributed by atoms with E-state index in [2.05, 4.69) is 10.2 Å². The molecule has 1 aliphatic carbocycles. The van der Waals surface area contributed by atoms with Crippen molar-refractivity contribution in [3.8, 4) is 0 Å². The highest BCUT2D eigenvalue weighted by Crippen LogP contribution is 2.31. The lowest BCUT2D eigenvalue weighted by Crippen LogP contribution is -2.35. The van der Waals surface area contributed by atoms with Crippen molar-refractivity contribution in [2.45, 2.75) is 57.4 Å². The molecule has 1 amide bonds. The van der Waals surface area contributed by atoms with E-state index in [0.717, 1.165) is 38.2 Å². The molecule has 1 aliphatic rings. The van der Waals surface area contributed by atoms with E-state index < -0.39 is 23.5 Å². The van der Waals surface area contributed by atoms with Gasteiger partial charge >= 0.3 is 6.18 Å². The third-order valence-electron chi connectivity index (χ3n) is 6.08. The quantitative estimate of drug-likeness (QED) is 0.374. The number of carbonyl (C=O) groups is 1. The Balaban J connectivity index is 1.48. The van der Waals surface area contributed by atoms with Crippen LogP contribution >= 0.6 is 0 Å². The summed E-state index contributed by atoms with van der Waals surface area (Å²) >= 11 is 0. The Bertz CT molecular complexity index is 1100. The van der Waals surface area contributed by atoms with Gasteiger partial charge in [0.1, 0.15) is 11.6 Å². The second-order valence-corrected chi connectivity index (χ2v) is 8.62. The Kier molecular flexibility index (Phi) is 7.36. The molecule has 0 radical (unpaired) electrons. The fourth-order valence-electron chi connectivity index (χ4n) is 4.35. The summed E-state index contributed by atoms with van der Waals surface area (Å²) in [4.78, 5) is 14.6. The van der Waals surface area contributed by atoms with Gasteiger partial charge in [0, 0.05) is 18.3 Å². The van der Waals surface area contributed by atoms with Crippen LogP contribution in [0.1, 0.15) is 59.5 Å². The van der Waals surface area contributed by atoms with Crippen LogP contribution in [0.4, 0.5) is 23.2 Å². The van der Waals surface area contributed by atoms with Gasteiger partial charge in [-0.2, -0.15) is 13.2 Å². The lowest BCUT2D eigenvalue weighted by Gasteiger charge is -2.34. The number of alkyl halides is 3. The van der Waals surface area contributed by atoms with Crippen LogP contribution in [0.2, 0.25) is 0 Å². The average molecular weight is 474 g/mol. The molecular formula is C26H26F4N2O2. The van der Waals surface area contributed by atoms with Crippen LogP contribution in [0.5, 0.6) is 0 Å².